The summed E-state index contributed by atoms with van der Waals surface area (Å²) in [6.07, 6.45) is 7.16. The highest BCUT2D eigenvalue weighted by molar-refractivity contribution is 4.77. The Kier molecular flexibility index (Phi) is 5.07. The van der Waals surface area contributed by atoms with Crippen LogP contribution in [-0.4, -0.2) is 38.4 Å². The second kappa shape index (κ2) is 6.58. The molecule has 3 heteroatoms. The minimum Gasteiger partial charge on any atom is -0.378 e. The van der Waals surface area contributed by atoms with Crippen LogP contribution < -0.4 is 10.6 Å². The Hall–Kier alpha value is -0.120. The number of rotatable bonds is 4. The molecule has 2 aliphatic rings. The largest absolute Gasteiger partial charge is 0.378 e. The van der Waals surface area contributed by atoms with Gasteiger partial charge in [-0.1, -0.05) is 12.8 Å². The van der Waals surface area contributed by atoms with E-state index in [0.717, 1.165) is 25.6 Å². The zero-order valence-corrected chi connectivity index (χ0v) is 10.5. The van der Waals surface area contributed by atoms with Crippen molar-refractivity contribution in [3.8, 4) is 0 Å². The molecule has 0 aromatic carbocycles. The van der Waals surface area contributed by atoms with Gasteiger partial charge in [0.1, 0.15) is 0 Å². The van der Waals surface area contributed by atoms with Crippen LogP contribution in [0.1, 0.15) is 39.0 Å². The van der Waals surface area contributed by atoms with E-state index in [4.69, 9.17) is 4.74 Å². The second-order valence-electron chi connectivity index (χ2n) is 5.28. The third kappa shape index (κ3) is 3.72. The highest BCUT2D eigenvalue weighted by Gasteiger charge is 2.23. The minimum absolute atomic E-state index is 0.453. The summed E-state index contributed by atoms with van der Waals surface area (Å²) in [5.74, 6) is 0.728. The van der Waals surface area contributed by atoms with E-state index < -0.39 is 0 Å². The highest BCUT2D eigenvalue weighted by Crippen LogP contribution is 2.19. The zero-order valence-electron chi connectivity index (χ0n) is 10.5. The molecule has 2 fully saturated rings. The molecule has 0 aromatic heterocycles. The average Bonchev–Trinajstić information content (AvgIpc) is 2.55. The molecular weight excluding hydrogens is 200 g/mol. The van der Waals surface area contributed by atoms with E-state index in [-0.39, 0.29) is 0 Å². The minimum atomic E-state index is 0.453. The molecule has 0 amide bonds. The number of ether oxygens (including phenoxy) is 1. The predicted octanol–water partition coefficient (Wildman–Crippen LogP) is 1.53. The summed E-state index contributed by atoms with van der Waals surface area (Å²) < 4.78 is 5.57. The van der Waals surface area contributed by atoms with E-state index in [0.29, 0.717) is 12.1 Å². The van der Waals surface area contributed by atoms with Crippen LogP contribution in [0.25, 0.3) is 0 Å². The zero-order chi connectivity index (χ0) is 11.2. The molecule has 16 heavy (non-hydrogen) atoms. The van der Waals surface area contributed by atoms with E-state index >= 15 is 0 Å². The summed E-state index contributed by atoms with van der Waals surface area (Å²) in [5, 5.41) is 7.24. The second-order valence-corrected chi connectivity index (χ2v) is 5.28. The molecule has 3 atom stereocenters. The molecule has 0 aromatic rings. The van der Waals surface area contributed by atoms with E-state index in [2.05, 4.69) is 17.6 Å². The SMILES string of the molecule is CC1OCCC1CNCC1CCCCCN1. The van der Waals surface area contributed by atoms with Gasteiger partial charge in [-0.15, -0.1) is 0 Å². The van der Waals surface area contributed by atoms with Crippen molar-refractivity contribution in [2.75, 3.05) is 26.2 Å². The molecular formula is C13H26N2O. The molecule has 2 aliphatic heterocycles. The Morgan fingerprint density at radius 1 is 1.19 bits per heavy atom. The van der Waals surface area contributed by atoms with Crippen LogP contribution in [0.2, 0.25) is 0 Å². The normalized spacial score (nSPS) is 36.2. The smallest absolute Gasteiger partial charge is 0.0588 e. The third-order valence-electron chi connectivity index (χ3n) is 3.99. The summed E-state index contributed by atoms with van der Waals surface area (Å²) >= 11 is 0. The van der Waals surface area contributed by atoms with E-state index in [9.17, 15) is 0 Å². The van der Waals surface area contributed by atoms with Crippen molar-refractivity contribution in [1.29, 1.82) is 0 Å². The van der Waals surface area contributed by atoms with E-state index in [1.54, 1.807) is 0 Å². The van der Waals surface area contributed by atoms with Crippen molar-refractivity contribution in [1.82, 2.24) is 10.6 Å². The van der Waals surface area contributed by atoms with Crippen LogP contribution in [0.5, 0.6) is 0 Å². The maximum Gasteiger partial charge on any atom is 0.0588 e. The fraction of sp³-hybridized carbons (Fsp3) is 1.00. The molecule has 2 saturated heterocycles. The monoisotopic (exact) mass is 226 g/mol. The van der Waals surface area contributed by atoms with Gasteiger partial charge in [-0.2, -0.15) is 0 Å². The van der Waals surface area contributed by atoms with Crippen LogP contribution in [0.4, 0.5) is 0 Å². The highest BCUT2D eigenvalue weighted by atomic mass is 16.5. The number of nitrogens with one attached hydrogen (secondary N) is 2. The molecule has 0 aliphatic carbocycles. The lowest BCUT2D eigenvalue weighted by Gasteiger charge is -2.19. The maximum atomic E-state index is 5.57. The Bertz CT molecular complexity index is 190. The Morgan fingerprint density at radius 2 is 2.12 bits per heavy atom. The molecule has 2 rings (SSSR count). The molecule has 2 heterocycles. The maximum absolute atomic E-state index is 5.57. The average molecular weight is 226 g/mol. The fourth-order valence-corrected chi connectivity index (χ4v) is 2.76. The Labute approximate surface area is 99.3 Å². The van der Waals surface area contributed by atoms with Gasteiger partial charge >= 0.3 is 0 Å². The van der Waals surface area contributed by atoms with E-state index in [1.165, 1.54) is 38.6 Å². The summed E-state index contributed by atoms with van der Waals surface area (Å²) in [4.78, 5) is 0. The van der Waals surface area contributed by atoms with Crippen LogP contribution in [0, 0.1) is 5.92 Å². The van der Waals surface area contributed by atoms with Crippen LogP contribution in [-0.2, 0) is 4.74 Å². The molecule has 0 saturated carbocycles. The summed E-state index contributed by atoms with van der Waals surface area (Å²) in [5.41, 5.74) is 0. The molecule has 94 valence electrons. The van der Waals surface area contributed by atoms with Crippen LogP contribution >= 0.6 is 0 Å². The van der Waals surface area contributed by atoms with Crippen molar-refractivity contribution in [3.63, 3.8) is 0 Å². The van der Waals surface area contributed by atoms with Crippen molar-refractivity contribution in [2.24, 2.45) is 5.92 Å². The van der Waals surface area contributed by atoms with Gasteiger partial charge in [-0.25, -0.2) is 0 Å². The van der Waals surface area contributed by atoms with E-state index in [1.807, 2.05) is 0 Å². The Morgan fingerprint density at radius 3 is 2.94 bits per heavy atom. The van der Waals surface area contributed by atoms with Crippen LogP contribution in [0.3, 0.4) is 0 Å². The molecule has 0 radical (unpaired) electrons. The summed E-state index contributed by atoms with van der Waals surface area (Å²) in [6.45, 7) is 6.61. The molecule has 3 unspecified atom stereocenters. The van der Waals surface area contributed by atoms with Gasteiger partial charge in [-0.05, 0) is 38.6 Å². The lowest BCUT2D eigenvalue weighted by Crippen LogP contribution is -2.40. The molecule has 2 N–H and O–H groups in total. The van der Waals surface area contributed by atoms with Gasteiger partial charge in [0.15, 0.2) is 0 Å². The first-order valence-corrected chi connectivity index (χ1v) is 6.92. The molecule has 3 nitrogen and oxygen atoms in total. The van der Waals surface area contributed by atoms with Gasteiger partial charge < -0.3 is 15.4 Å². The Balaban J connectivity index is 1.59. The van der Waals surface area contributed by atoms with Crippen molar-refractivity contribution in [3.05, 3.63) is 0 Å². The predicted molar refractivity (Wildman–Crippen MR) is 66.6 cm³/mol. The van der Waals surface area contributed by atoms with Gasteiger partial charge in [0, 0.05) is 25.7 Å². The summed E-state index contributed by atoms with van der Waals surface area (Å²) in [6, 6.07) is 0.695. The third-order valence-corrected chi connectivity index (χ3v) is 3.99. The number of hydrogen-bond donors (Lipinski definition) is 2. The van der Waals surface area contributed by atoms with Crippen molar-refractivity contribution >= 4 is 0 Å². The standard InChI is InChI=1S/C13H26N2O/c1-11-12(6-8-16-11)9-14-10-13-5-3-2-4-7-15-13/h11-15H,2-10H2,1H3. The molecule has 0 bridgehead atoms. The van der Waals surface area contributed by atoms with Gasteiger partial charge in [0.05, 0.1) is 6.10 Å². The lowest BCUT2D eigenvalue weighted by molar-refractivity contribution is 0.105. The topological polar surface area (TPSA) is 33.3 Å². The quantitative estimate of drug-likeness (QED) is 0.763. The molecule has 0 spiro atoms. The summed E-state index contributed by atoms with van der Waals surface area (Å²) in [7, 11) is 0. The number of hydrogen-bond acceptors (Lipinski definition) is 3. The first-order chi connectivity index (χ1) is 7.86. The van der Waals surface area contributed by atoms with Crippen molar-refractivity contribution < 1.29 is 4.74 Å². The first-order valence-electron chi connectivity index (χ1n) is 6.92. The fourth-order valence-electron chi connectivity index (χ4n) is 2.76. The van der Waals surface area contributed by atoms with Crippen LogP contribution in [0.15, 0.2) is 0 Å². The van der Waals surface area contributed by atoms with Gasteiger partial charge in [0.25, 0.3) is 0 Å². The van der Waals surface area contributed by atoms with Gasteiger partial charge in [0.2, 0.25) is 0 Å². The van der Waals surface area contributed by atoms with Gasteiger partial charge in [-0.3, -0.25) is 0 Å². The first kappa shape index (κ1) is 12.3. The van der Waals surface area contributed by atoms with Crippen molar-refractivity contribution in [2.45, 2.75) is 51.2 Å². The lowest BCUT2D eigenvalue weighted by atomic mass is 10.0.